The van der Waals surface area contributed by atoms with Crippen LogP contribution in [0.4, 0.5) is 0 Å². The van der Waals surface area contributed by atoms with Crippen LogP contribution in [0.3, 0.4) is 0 Å². The van der Waals surface area contributed by atoms with Gasteiger partial charge in [0.2, 0.25) is 0 Å². The number of carboxylic acid groups (broad SMARTS) is 1. The third kappa shape index (κ3) is 3.90. The monoisotopic (exact) mass is 351 g/mol. The van der Waals surface area contributed by atoms with E-state index in [2.05, 4.69) is 5.32 Å². The smallest absolute Gasteiger partial charge is 0.324 e. The summed E-state index contributed by atoms with van der Waals surface area (Å²) in [6.45, 7) is 5.73. The van der Waals surface area contributed by atoms with Gasteiger partial charge in [0, 0.05) is 26.1 Å². The first-order valence-electron chi connectivity index (χ1n) is 8.75. The first-order chi connectivity index (χ1) is 12.0. The number of ether oxygens (including phenoxy) is 3. The van der Waals surface area contributed by atoms with Crippen LogP contribution in [-0.4, -0.2) is 50.6 Å². The molecule has 1 heterocycles. The molecule has 2 atom stereocenters. The number of carboxylic acids is 1. The van der Waals surface area contributed by atoms with E-state index in [9.17, 15) is 9.90 Å². The molecule has 0 aromatic heterocycles. The highest BCUT2D eigenvalue weighted by molar-refractivity contribution is 5.81. The molecule has 1 fully saturated rings. The molecule has 0 amide bonds. The van der Waals surface area contributed by atoms with Crippen LogP contribution in [0.15, 0.2) is 18.2 Å². The van der Waals surface area contributed by atoms with Gasteiger partial charge in [-0.3, -0.25) is 4.79 Å². The fraction of sp³-hybridized carbons (Fsp3) is 0.632. The number of aliphatic carboxylic acids is 1. The summed E-state index contributed by atoms with van der Waals surface area (Å²) in [7, 11) is 3.26. The lowest BCUT2D eigenvalue weighted by Gasteiger charge is -2.35. The van der Waals surface area contributed by atoms with Crippen molar-refractivity contribution >= 4 is 5.97 Å². The molecule has 6 nitrogen and oxygen atoms in total. The van der Waals surface area contributed by atoms with Crippen molar-refractivity contribution in [2.24, 2.45) is 5.92 Å². The maximum Gasteiger partial charge on any atom is 0.324 e. The van der Waals surface area contributed by atoms with Crippen LogP contribution in [0.1, 0.15) is 38.2 Å². The third-order valence-electron chi connectivity index (χ3n) is 5.01. The van der Waals surface area contributed by atoms with Gasteiger partial charge >= 0.3 is 5.97 Å². The van der Waals surface area contributed by atoms with Gasteiger partial charge in [0.25, 0.3) is 0 Å². The lowest BCUT2D eigenvalue weighted by Crippen LogP contribution is -2.55. The Balaban J connectivity index is 2.30. The normalized spacial score (nSPS) is 23.0. The van der Waals surface area contributed by atoms with Gasteiger partial charge in [-0.15, -0.1) is 0 Å². The highest BCUT2D eigenvalue weighted by Gasteiger charge is 2.52. The number of nitrogens with one attached hydrogen (secondary N) is 1. The van der Waals surface area contributed by atoms with Crippen molar-refractivity contribution in [2.45, 2.75) is 38.1 Å². The Hall–Kier alpha value is -1.79. The summed E-state index contributed by atoms with van der Waals surface area (Å²) in [5.41, 5.74) is 0.00527. The van der Waals surface area contributed by atoms with Crippen molar-refractivity contribution in [3.8, 4) is 11.5 Å². The zero-order chi connectivity index (χ0) is 18.4. The molecular formula is C19H29NO5. The number of hydrogen-bond donors (Lipinski definition) is 2. The minimum absolute atomic E-state index is 0.0364. The standard InChI is InChI=1S/C19H29NO5/c1-13(2)19(18(21)22)15(8-9-20-19)14-6-7-16(24-4)17(12-14)25-11-5-10-23-3/h6-7,12-13,15,20H,5,8-11H2,1-4H3,(H,21,22). The SMILES string of the molecule is COCCCOc1cc(C2CCNC2(C(=O)O)C(C)C)ccc1OC. The van der Waals surface area contributed by atoms with Crippen LogP contribution in [-0.2, 0) is 9.53 Å². The topological polar surface area (TPSA) is 77.0 Å². The number of methoxy groups -OCH3 is 2. The van der Waals surface area contributed by atoms with Gasteiger partial charge < -0.3 is 24.6 Å². The second-order valence-corrected chi connectivity index (χ2v) is 6.70. The molecule has 0 saturated carbocycles. The number of hydrogen-bond acceptors (Lipinski definition) is 5. The first-order valence-corrected chi connectivity index (χ1v) is 8.75. The lowest BCUT2D eigenvalue weighted by atomic mass is 9.73. The van der Waals surface area contributed by atoms with Crippen molar-refractivity contribution in [2.75, 3.05) is 34.0 Å². The predicted molar refractivity (Wildman–Crippen MR) is 95.5 cm³/mol. The van der Waals surface area contributed by atoms with Gasteiger partial charge in [-0.05, 0) is 36.6 Å². The molecule has 2 unspecified atom stereocenters. The second kappa shape index (κ2) is 8.54. The quantitative estimate of drug-likeness (QED) is 0.666. The van der Waals surface area contributed by atoms with Crippen molar-refractivity contribution < 1.29 is 24.1 Å². The molecule has 2 rings (SSSR count). The Morgan fingerprint density at radius 2 is 2.08 bits per heavy atom. The minimum atomic E-state index is -0.956. The molecule has 0 aliphatic carbocycles. The van der Waals surface area contributed by atoms with E-state index < -0.39 is 11.5 Å². The van der Waals surface area contributed by atoms with Gasteiger partial charge in [-0.2, -0.15) is 0 Å². The fourth-order valence-electron chi connectivity index (χ4n) is 3.69. The molecule has 0 bridgehead atoms. The van der Waals surface area contributed by atoms with E-state index in [0.29, 0.717) is 31.3 Å². The molecule has 6 heteroatoms. The van der Waals surface area contributed by atoms with Crippen LogP contribution in [0, 0.1) is 5.92 Å². The molecular weight excluding hydrogens is 322 g/mol. The third-order valence-corrected chi connectivity index (χ3v) is 5.01. The van der Waals surface area contributed by atoms with Gasteiger partial charge in [0.15, 0.2) is 11.5 Å². The van der Waals surface area contributed by atoms with Crippen LogP contribution < -0.4 is 14.8 Å². The molecule has 1 aliphatic heterocycles. The molecule has 1 aromatic rings. The van der Waals surface area contributed by atoms with Gasteiger partial charge in [-0.1, -0.05) is 19.9 Å². The lowest BCUT2D eigenvalue weighted by molar-refractivity contribution is -0.147. The summed E-state index contributed by atoms with van der Waals surface area (Å²) < 4.78 is 16.3. The summed E-state index contributed by atoms with van der Waals surface area (Å²) in [6.07, 6.45) is 1.56. The van der Waals surface area contributed by atoms with Gasteiger partial charge in [0.1, 0.15) is 5.54 Å². The Morgan fingerprint density at radius 1 is 1.32 bits per heavy atom. The summed E-state index contributed by atoms with van der Waals surface area (Å²) in [5, 5.41) is 13.1. The molecule has 0 spiro atoms. The molecule has 140 valence electrons. The van der Waals surface area contributed by atoms with E-state index in [1.807, 2.05) is 32.0 Å². The highest BCUT2D eigenvalue weighted by Crippen LogP contribution is 2.43. The predicted octanol–water partition coefficient (Wildman–Crippen LogP) is 2.67. The molecule has 1 aromatic carbocycles. The number of rotatable bonds is 9. The van der Waals surface area contributed by atoms with E-state index in [4.69, 9.17) is 14.2 Å². The van der Waals surface area contributed by atoms with Crippen LogP contribution in [0.2, 0.25) is 0 Å². The summed E-state index contributed by atoms with van der Waals surface area (Å²) >= 11 is 0. The molecule has 25 heavy (non-hydrogen) atoms. The highest BCUT2D eigenvalue weighted by atomic mass is 16.5. The average Bonchev–Trinajstić information content (AvgIpc) is 3.05. The molecule has 0 radical (unpaired) electrons. The van der Waals surface area contributed by atoms with E-state index in [1.165, 1.54) is 0 Å². The maximum absolute atomic E-state index is 12.1. The molecule has 1 saturated heterocycles. The zero-order valence-electron chi connectivity index (χ0n) is 15.5. The maximum atomic E-state index is 12.1. The van der Waals surface area contributed by atoms with Gasteiger partial charge in [0.05, 0.1) is 13.7 Å². The van der Waals surface area contributed by atoms with Crippen molar-refractivity contribution in [3.63, 3.8) is 0 Å². The van der Waals surface area contributed by atoms with Crippen molar-refractivity contribution in [3.05, 3.63) is 23.8 Å². The Labute approximate surface area is 149 Å². The summed E-state index contributed by atoms with van der Waals surface area (Å²) in [6, 6.07) is 5.72. The van der Waals surface area contributed by atoms with Crippen LogP contribution in [0.25, 0.3) is 0 Å². The molecule has 2 N–H and O–H groups in total. The number of carbonyl (C=O) groups is 1. The Bertz CT molecular complexity index is 589. The zero-order valence-corrected chi connectivity index (χ0v) is 15.5. The van der Waals surface area contributed by atoms with Crippen molar-refractivity contribution in [1.82, 2.24) is 5.32 Å². The minimum Gasteiger partial charge on any atom is -0.493 e. The van der Waals surface area contributed by atoms with Crippen LogP contribution >= 0.6 is 0 Å². The van der Waals surface area contributed by atoms with E-state index in [-0.39, 0.29) is 11.8 Å². The largest absolute Gasteiger partial charge is 0.493 e. The molecule has 1 aliphatic rings. The second-order valence-electron chi connectivity index (χ2n) is 6.70. The average molecular weight is 351 g/mol. The van der Waals surface area contributed by atoms with E-state index >= 15 is 0 Å². The van der Waals surface area contributed by atoms with Crippen LogP contribution in [0.5, 0.6) is 11.5 Å². The first kappa shape index (κ1) is 19.5. The van der Waals surface area contributed by atoms with E-state index in [1.54, 1.807) is 14.2 Å². The Morgan fingerprint density at radius 3 is 2.68 bits per heavy atom. The number of benzene rings is 1. The van der Waals surface area contributed by atoms with E-state index in [0.717, 1.165) is 18.4 Å². The van der Waals surface area contributed by atoms with Crippen molar-refractivity contribution in [1.29, 1.82) is 0 Å². The summed E-state index contributed by atoms with van der Waals surface area (Å²) in [4.78, 5) is 12.1. The summed E-state index contributed by atoms with van der Waals surface area (Å²) in [5.74, 6) is 0.343. The fourth-order valence-corrected chi connectivity index (χ4v) is 3.69. The Kier molecular flexibility index (Phi) is 6.67. The van der Waals surface area contributed by atoms with Gasteiger partial charge in [-0.25, -0.2) is 0 Å².